The van der Waals surface area contributed by atoms with Gasteiger partial charge in [-0.1, -0.05) is 6.07 Å². The van der Waals surface area contributed by atoms with Crippen LogP contribution in [0.15, 0.2) is 35.7 Å². The zero-order valence-corrected chi connectivity index (χ0v) is 16.8. The molecule has 0 saturated carbocycles. The van der Waals surface area contributed by atoms with E-state index >= 15 is 0 Å². The van der Waals surface area contributed by atoms with Crippen molar-refractivity contribution in [2.24, 2.45) is 0 Å². The first-order valence-electron chi connectivity index (χ1n) is 8.95. The molecule has 0 aliphatic carbocycles. The molecule has 4 rings (SSSR count). The lowest BCUT2D eigenvalue weighted by molar-refractivity contribution is -0.231. The van der Waals surface area contributed by atoms with E-state index in [0.29, 0.717) is 12.0 Å². The molecule has 1 fully saturated rings. The van der Waals surface area contributed by atoms with Crippen LogP contribution in [0.3, 0.4) is 0 Å². The highest BCUT2D eigenvalue weighted by atomic mass is 32.2. The Morgan fingerprint density at radius 3 is 2.61 bits per heavy atom. The predicted octanol–water partition coefficient (Wildman–Crippen LogP) is 2.08. The largest absolute Gasteiger partial charge is 0.496 e. The van der Waals surface area contributed by atoms with Crippen molar-refractivity contribution in [1.82, 2.24) is 0 Å². The van der Waals surface area contributed by atoms with E-state index in [1.807, 2.05) is 12.1 Å². The van der Waals surface area contributed by atoms with Crippen LogP contribution in [0.4, 0.5) is 0 Å². The molecule has 5 atom stereocenters. The van der Waals surface area contributed by atoms with Gasteiger partial charge in [0.1, 0.15) is 36.3 Å². The van der Waals surface area contributed by atoms with E-state index < -0.39 is 37.1 Å². The predicted molar refractivity (Wildman–Crippen MR) is 108 cm³/mol. The van der Waals surface area contributed by atoms with Gasteiger partial charge in [-0.25, -0.2) is 0 Å². The highest BCUT2D eigenvalue weighted by Gasteiger charge is 2.44. The third kappa shape index (κ3) is 3.57. The Kier molecular flexibility index (Phi) is 5.71. The zero-order valence-electron chi connectivity index (χ0n) is 15.2. The summed E-state index contributed by atoms with van der Waals surface area (Å²) in [5.41, 5.74) is 1.59. The van der Waals surface area contributed by atoms with Gasteiger partial charge in [0.05, 0.1) is 17.7 Å². The smallest absolute Gasteiger partial charge is 0.122 e. The molecule has 3 aromatic rings. The molecule has 0 bridgehead atoms. The molecule has 6 nitrogen and oxygen atoms in total. The summed E-state index contributed by atoms with van der Waals surface area (Å²) in [5, 5.41) is 43.2. The molecule has 28 heavy (non-hydrogen) atoms. The summed E-state index contributed by atoms with van der Waals surface area (Å²) < 4.78 is 12.5. The number of aliphatic hydroxyl groups excluding tert-OH is 4. The summed E-state index contributed by atoms with van der Waals surface area (Å²) in [4.78, 5) is 1.20. The molecule has 1 aliphatic heterocycles. The summed E-state index contributed by atoms with van der Waals surface area (Å²) in [5.74, 6) is 0.727. The first kappa shape index (κ1) is 19.8. The third-order valence-corrected chi connectivity index (χ3v) is 7.29. The fourth-order valence-corrected chi connectivity index (χ4v) is 5.76. The number of hydrogen-bond acceptors (Lipinski definition) is 8. The molecule has 1 saturated heterocycles. The number of fused-ring (bicyclic) bond motifs is 1. The van der Waals surface area contributed by atoms with E-state index in [1.54, 1.807) is 35.8 Å². The summed E-state index contributed by atoms with van der Waals surface area (Å²) >= 11 is 3.46. The van der Waals surface area contributed by atoms with Crippen LogP contribution in [0.1, 0.15) is 22.1 Å². The minimum absolute atomic E-state index is 0.448. The second kappa shape index (κ2) is 8.08. The first-order chi connectivity index (χ1) is 13.5. The molecule has 0 radical (unpaired) electrons. The van der Waals surface area contributed by atoms with Crippen molar-refractivity contribution in [2.75, 3.05) is 13.7 Å². The molecule has 2 aromatic heterocycles. The third-order valence-electron chi connectivity index (χ3n) is 5.09. The van der Waals surface area contributed by atoms with Crippen LogP contribution in [0.25, 0.3) is 9.40 Å². The number of rotatable bonds is 5. The van der Waals surface area contributed by atoms with E-state index in [2.05, 4.69) is 17.5 Å². The van der Waals surface area contributed by atoms with Crippen molar-refractivity contribution in [3.8, 4) is 5.75 Å². The van der Waals surface area contributed by atoms with Crippen LogP contribution < -0.4 is 4.74 Å². The molecule has 1 aromatic carbocycles. The van der Waals surface area contributed by atoms with Gasteiger partial charge in [-0.3, -0.25) is 0 Å². The van der Waals surface area contributed by atoms with Gasteiger partial charge >= 0.3 is 0 Å². The maximum atomic E-state index is 10.4. The maximum Gasteiger partial charge on any atom is 0.122 e. The average Bonchev–Trinajstić information content (AvgIpc) is 3.28. The summed E-state index contributed by atoms with van der Waals surface area (Å²) in [6.45, 7) is -0.448. The molecule has 2 unspecified atom stereocenters. The second-order valence-electron chi connectivity index (χ2n) is 6.87. The summed E-state index contributed by atoms with van der Waals surface area (Å²) in [6, 6.07) is 9.72. The van der Waals surface area contributed by atoms with Crippen molar-refractivity contribution in [1.29, 1.82) is 0 Å². The van der Waals surface area contributed by atoms with Gasteiger partial charge in [0.25, 0.3) is 0 Å². The Morgan fingerprint density at radius 1 is 1.07 bits per heavy atom. The number of methoxy groups -OCH3 is 1. The fraction of sp³-hybridized carbons (Fsp3) is 0.400. The summed E-state index contributed by atoms with van der Waals surface area (Å²) in [6.07, 6.45) is -5.18. The lowest BCUT2D eigenvalue weighted by Gasteiger charge is -2.40. The SMILES string of the molecule is COc1ccc([C@@H]2OC(CO)[C@@H](O)C(O)[C@H]2O)cc1Cc1cc2ccsc2s1. The van der Waals surface area contributed by atoms with Gasteiger partial charge in [-0.05, 0) is 40.8 Å². The lowest BCUT2D eigenvalue weighted by Crippen LogP contribution is -2.55. The zero-order chi connectivity index (χ0) is 19.8. The van der Waals surface area contributed by atoms with E-state index in [9.17, 15) is 20.4 Å². The standard InChI is InChI=1S/C20H22O6S2/c1-25-14-3-2-10(19-18(24)17(23)16(22)15(9-21)26-19)6-12(14)8-13-7-11-4-5-27-20(11)28-13/h2-7,15-19,21-24H,8-9H2,1H3/t15?,16-,17?,18-,19+/m1/s1. The van der Waals surface area contributed by atoms with Crippen LogP contribution in [0.5, 0.6) is 5.75 Å². The summed E-state index contributed by atoms with van der Waals surface area (Å²) in [7, 11) is 1.61. The van der Waals surface area contributed by atoms with E-state index in [0.717, 1.165) is 11.3 Å². The highest BCUT2D eigenvalue weighted by Crippen LogP contribution is 2.37. The number of benzene rings is 1. The number of hydrogen-bond donors (Lipinski definition) is 4. The molecule has 0 spiro atoms. The molecule has 150 valence electrons. The maximum absolute atomic E-state index is 10.4. The number of aliphatic hydroxyl groups is 4. The Labute approximate surface area is 170 Å². The van der Waals surface area contributed by atoms with Crippen LogP contribution in [0, 0.1) is 0 Å². The van der Waals surface area contributed by atoms with E-state index in [1.165, 1.54) is 14.3 Å². The lowest BCUT2D eigenvalue weighted by atomic mass is 9.90. The van der Waals surface area contributed by atoms with Crippen molar-refractivity contribution in [3.63, 3.8) is 0 Å². The molecular weight excluding hydrogens is 400 g/mol. The van der Waals surface area contributed by atoms with Gasteiger partial charge in [0.2, 0.25) is 0 Å². The molecule has 3 heterocycles. The molecular formula is C20H22O6S2. The van der Waals surface area contributed by atoms with Crippen LogP contribution in [-0.4, -0.2) is 58.6 Å². The Bertz CT molecular complexity index is 921. The Balaban J connectivity index is 1.64. The molecule has 4 N–H and O–H groups in total. The van der Waals surface area contributed by atoms with Gasteiger partial charge in [0, 0.05) is 16.7 Å². The van der Waals surface area contributed by atoms with Gasteiger partial charge < -0.3 is 29.9 Å². The van der Waals surface area contributed by atoms with E-state index in [4.69, 9.17) is 9.47 Å². The monoisotopic (exact) mass is 422 g/mol. The Morgan fingerprint density at radius 2 is 1.89 bits per heavy atom. The molecule has 1 aliphatic rings. The second-order valence-corrected chi connectivity index (χ2v) is 9.18. The molecule has 8 heteroatoms. The quantitative estimate of drug-likeness (QED) is 0.503. The van der Waals surface area contributed by atoms with Crippen molar-refractivity contribution >= 4 is 32.1 Å². The van der Waals surface area contributed by atoms with Gasteiger partial charge in [-0.2, -0.15) is 0 Å². The van der Waals surface area contributed by atoms with Crippen molar-refractivity contribution in [3.05, 3.63) is 51.7 Å². The van der Waals surface area contributed by atoms with Crippen LogP contribution in [0.2, 0.25) is 0 Å². The van der Waals surface area contributed by atoms with Gasteiger partial charge in [0.15, 0.2) is 0 Å². The minimum atomic E-state index is -1.40. The number of thiophene rings is 2. The van der Waals surface area contributed by atoms with E-state index in [-0.39, 0.29) is 0 Å². The normalized spacial score (nSPS) is 28.0. The minimum Gasteiger partial charge on any atom is -0.496 e. The Hall–Kier alpha value is -1.52. The fourth-order valence-electron chi connectivity index (χ4n) is 3.58. The van der Waals surface area contributed by atoms with Crippen molar-refractivity contribution in [2.45, 2.75) is 36.9 Å². The first-order valence-corrected chi connectivity index (χ1v) is 10.6. The topological polar surface area (TPSA) is 99.4 Å². The number of ether oxygens (including phenoxy) is 2. The van der Waals surface area contributed by atoms with Crippen LogP contribution in [-0.2, 0) is 11.2 Å². The highest BCUT2D eigenvalue weighted by molar-refractivity contribution is 7.37. The van der Waals surface area contributed by atoms with Crippen molar-refractivity contribution < 1.29 is 29.9 Å². The molecule has 0 amide bonds. The van der Waals surface area contributed by atoms with Crippen LogP contribution >= 0.6 is 22.7 Å². The average molecular weight is 423 g/mol. The van der Waals surface area contributed by atoms with Gasteiger partial charge in [-0.15, -0.1) is 22.7 Å².